The molecule has 1 aliphatic heterocycles. The molecule has 1 saturated heterocycles. The Morgan fingerprint density at radius 2 is 1.79 bits per heavy atom. The van der Waals surface area contributed by atoms with Crippen LogP contribution in [0.3, 0.4) is 0 Å². The SMILES string of the molecule is Cc1ccc(S(=O)(=O)N2CCC(NC(=O)C(O)CC34CC5CCCC(C3)C(C5)C4)CC2)cc1. The number of hydrogen-bond acceptors (Lipinski definition) is 4. The fraction of sp³-hybridized carbons (Fsp3) is 0.731. The third-order valence-electron chi connectivity index (χ3n) is 8.99. The van der Waals surface area contributed by atoms with E-state index in [1.165, 1.54) is 49.3 Å². The molecule has 3 bridgehead atoms. The average molecular weight is 475 g/mol. The third kappa shape index (κ3) is 4.73. The number of aliphatic hydroxyl groups is 1. The van der Waals surface area contributed by atoms with Crippen molar-refractivity contribution in [2.75, 3.05) is 13.1 Å². The van der Waals surface area contributed by atoms with Crippen LogP contribution >= 0.6 is 0 Å². The standard InChI is InChI=1S/C26H38N2O4S/c1-18-5-7-23(8-6-18)33(31,32)28-11-9-22(10-12-28)27-25(30)24(29)17-26-14-19-3-2-4-20(15-26)21(13-19)16-26/h5-8,19-22,24,29H,2-4,9-17H2,1H3,(H,27,30). The number of hydrogen-bond donors (Lipinski definition) is 2. The fourth-order valence-corrected chi connectivity index (χ4v) is 8.94. The Balaban J connectivity index is 1.14. The van der Waals surface area contributed by atoms with Crippen molar-refractivity contribution in [1.29, 1.82) is 0 Å². The monoisotopic (exact) mass is 474 g/mol. The van der Waals surface area contributed by atoms with Crippen LogP contribution in [0.2, 0.25) is 0 Å². The number of aryl methyl sites for hydroxylation is 1. The smallest absolute Gasteiger partial charge is 0.249 e. The summed E-state index contributed by atoms with van der Waals surface area (Å²) in [4.78, 5) is 13.2. The molecule has 5 rings (SSSR count). The van der Waals surface area contributed by atoms with Crippen LogP contribution in [0.1, 0.15) is 69.8 Å². The molecule has 0 radical (unpaired) electrons. The van der Waals surface area contributed by atoms with Crippen molar-refractivity contribution in [2.45, 2.75) is 88.2 Å². The molecule has 1 aromatic rings. The first-order valence-electron chi connectivity index (χ1n) is 12.8. The zero-order chi connectivity index (χ0) is 23.2. The lowest BCUT2D eigenvalue weighted by Gasteiger charge is -2.39. The summed E-state index contributed by atoms with van der Waals surface area (Å²) in [6, 6.07) is 6.85. The number of piperidine rings is 1. The van der Waals surface area contributed by atoms with Gasteiger partial charge in [0.2, 0.25) is 15.9 Å². The van der Waals surface area contributed by atoms with Crippen molar-refractivity contribution >= 4 is 15.9 Å². The molecule has 1 amide bonds. The molecule has 6 nitrogen and oxygen atoms in total. The van der Waals surface area contributed by atoms with Crippen LogP contribution in [-0.4, -0.2) is 49.0 Å². The van der Waals surface area contributed by atoms with Crippen molar-refractivity contribution in [1.82, 2.24) is 9.62 Å². The van der Waals surface area contributed by atoms with E-state index in [4.69, 9.17) is 0 Å². The van der Waals surface area contributed by atoms with Crippen molar-refractivity contribution in [3.63, 3.8) is 0 Å². The number of benzene rings is 1. The van der Waals surface area contributed by atoms with Crippen LogP contribution in [0, 0.1) is 30.1 Å². The quantitative estimate of drug-likeness (QED) is 0.659. The highest BCUT2D eigenvalue weighted by Crippen LogP contribution is 2.61. The topological polar surface area (TPSA) is 86.7 Å². The first-order chi connectivity index (χ1) is 15.7. The van der Waals surface area contributed by atoms with Crippen LogP contribution in [0.5, 0.6) is 0 Å². The Morgan fingerprint density at radius 3 is 2.52 bits per heavy atom. The van der Waals surface area contributed by atoms with E-state index in [1.54, 1.807) is 12.1 Å². The Hall–Kier alpha value is -1.44. The van der Waals surface area contributed by atoms with E-state index in [-0.39, 0.29) is 17.4 Å². The van der Waals surface area contributed by atoms with Crippen LogP contribution < -0.4 is 5.32 Å². The summed E-state index contributed by atoms with van der Waals surface area (Å²) in [7, 11) is -3.51. The number of aliphatic hydroxyl groups excluding tert-OH is 1. The molecular formula is C26H38N2O4S. The van der Waals surface area contributed by atoms with E-state index < -0.39 is 16.1 Å². The van der Waals surface area contributed by atoms with Gasteiger partial charge in [-0.15, -0.1) is 0 Å². The first kappa shape index (κ1) is 23.3. The van der Waals surface area contributed by atoms with Crippen molar-refractivity contribution in [2.24, 2.45) is 23.2 Å². The molecule has 4 fully saturated rings. The largest absolute Gasteiger partial charge is 0.383 e. The molecule has 1 aromatic carbocycles. The number of carbonyl (C=O) groups is 1. The van der Waals surface area contributed by atoms with Gasteiger partial charge in [-0.3, -0.25) is 4.79 Å². The van der Waals surface area contributed by atoms with Crippen molar-refractivity contribution < 1.29 is 18.3 Å². The highest BCUT2D eigenvalue weighted by molar-refractivity contribution is 7.89. The van der Waals surface area contributed by atoms with E-state index in [0.717, 1.165) is 23.3 Å². The molecule has 5 unspecified atom stereocenters. The van der Waals surface area contributed by atoms with Crippen LogP contribution in [-0.2, 0) is 14.8 Å². The number of nitrogens with zero attached hydrogens (tertiary/aromatic N) is 1. The van der Waals surface area contributed by atoms with Gasteiger partial charge in [-0.05, 0) is 87.2 Å². The Labute approximate surface area is 198 Å². The summed E-state index contributed by atoms with van der Waals surface area (Å²) in [5.41, 5.74) is 1.18. The molecule has 0 aromatic heterocycles. The lowest BCUT2D eigenvalue weighted by Crippen LogP contribution is -2.49. The number of sulfonamides is 1. The van der Waals surface area contributed by atoms with E-state index in [1.807, 2.05) is 19.1 Å². The van der Waals surface area contributed by atoms with E-state index in [9.17, 15) is 18.3 Å². The minimum atomic E-state index is -3.51. The maximum Gasteiger partial charge on any atom is 0.249 e. The minimum Gasteiger partial charge on any atom is -0.383 e. The summed E-state index contributed by atoms with van der Waals surface area (Å²) >= 11 is 0. The van der Waals surface area contributed by atoms with Gasteiger partial charge in [0.25, 0.3) is 0 Å². The first-order valence-corrected chi connectivity index (χ1v) is 14.2. The molecule has 3 aliphatic carbocycles. The predicted molar refractivity (Wildman–Crippen MR) is 127 cm³/mol. The van der Waals surface area contributed by atoms with Gasteiger partial charge in [0, 0.05) is 19.1 Å². The normalized spacial score (nSPS) is 33.6. The molecule has 0 spiro atoms. The van der Waals surface area contributed by atoms with Gasteiger partial charge in [-0.1, -0.05) is 37.0 Å². The van der Waals surface area contributed by atoms with Crippen molar-refractivity contribution in [3.05, 3.63) is 29.8 Å². The lowest BCUT2D eigenvalue weighted by molar-refractivity contribution is -0.132. The molecule has 7 heteroatoms. The van der Waals surface area contributed by atoms with Gasteiger partial charge in [-0.2, -0.15) is 4.31 Å². The second kappa shape index (κ2) is 8.97. The lowest BCUT2D eigenvalue weighted by atomic mass is 9.67. The molecule has 33 heavy (non-hydrogen) atoms. The minimum absolute atomic E-state index is 0.0869. The van der Waals surface area contributed by atoms with E-state index in [2.05, 4.69) is 5.32 Å². The van der Waals surface area contributed by atoms with Gasteiger partial charge in [0.1, 0.15) is 6.10 Å². The van der Waals surface area contributed by atoms with Gasteiger partial charge in [0.05, 0.1) is 4.90 Å². The molecule has 182 valence electrons. The summed E-state index contributed by atoms with van der Waals surface area (Å²) in [5, 5.41) is 13.8. The Morgan fingerprint density at radius 1 is 1.09 bits per heavy atom. The number of rotatable bonds is 6. The predicted octanol–water partition coefficient (Wildman–Crippen LogP) is 3.62. The van der Waals surface area contributed by atoms with Crippen LogP contribution in [0.4, 0.5) is 0 Å². The zero-order valence-electron chi connectivity index (χ0n) is 19.7. The molecule has 4 aliphatic rings. The zero-order valence-corrected chi connectivity index (χ0v) is 20.5. The van der Waals surface area contributed by atoms with Crippen molar-refractivity contribution in [3.8, 4) is 0 Å². The number of amides is 1. The van der Waals surface area contributed by atoms with Crippen LogP contribution in [0.25, 0.3) is 0 Å². The highest BCUT2D eigenvalue weighted by atomic mass is 32.2. The van der Waals surface area contributed by atoms with Gasteiger partial charge in [-0.25, -0.2) is 8.42 Å². The van der Waals surface area contributed by atoms with Crippen LogP contribution in [0.15, 0.2) is 29.2 Å². The third-order valence-corrected chi connectivity index (χ3v) is 10.9. The second-order valence-corrected chi connectivity index (χ2v) is 13.3. The number of nitrogens with one attached hydrogen (secondary N) is 1. The Kier molecular flexibility index (Phi) is 6.34. The molecular weight excluding hydrogens is 436 g/mol. The maximum atomic E-state index is 12.9. The second-order valence-electron chi connectivity index (χ2n) is 11.4. The van der Waals surface area contributed by atoms with Gasteiger partial charge < -0.3 is 10.4 Å². The van der Waals surface area contributed by atoms with E-state index in [0.29, 0.717) is 37.2 Å². The molecule has 2 N–H and O–H groups in total. The summed E-state index contributed by atoms with van der Waals surface area (Å²) in [5.74, 6) is 2.11. The summed E-state index contributed by atoms with van der Waals surface area (Å²) < 4.78 is 27.3. The average Bonchev–Trinajstić information content (AvgIpc) is 2.93. The van der Waals surface area contributed by atoms with Gasteiger partial charge in [0.15, 0.2) is 0 Å². The molecule has 5 atom stereocenters. The number of carbonyl (C=O) groups excluding carboxylic acids is 1. The fourth-order valence-electron chi connectivity index (χ4n) is 7.47. The van der Waals surface area contributed by atoms with E-state index >= 15 is 0 Å². The number of fused-ring (bicyclic) bond motifs is 2. The Bertz CT molecular complexity index is 967. The highest BCUT2D eigenvalue weighted by Gasteiger charge is 2.52. The molecule has 1 heterocycles. The van der Waals surface area contributed by atoms with Gasteiger partial charge >= 0.3 is 0 Å². The summed E-state index contributed by atoms with van der Waals surface area (Å²) in [6.07, 6.45) is 9.68. The maximum absolute atomic E-state index is 12.9. The summed E-state index contributed by atoms with van der Waals surface area (Å²) in [6.45, 7) is 2.70. The molecule has 3 saturated carbocycles.